The zero-order valence-corrected chi connectivity index (χ0v) is 13.9. The van der Waals surface area contributed by atoms with Gasteiger partial charge in [-0.3, -0.25) is 10.1 Å². The maximum Gasteiger partial charge on any atom is 0.296 e. The Labute approximate surface area is 143 Å². The van der Waals surface area contributed by atoms with E-state index in [1.54, 1.807) is 6.07 Å². The van der Waals surface area contributed by atoms with Gasteiger partial charge in [0.2, 0.25) is 10.0 Å². The minimum absolute atomic E-state index is 0.0385. The summed E-state index contributed by atoms with van der Waals surface area (Å²) in [5.41, 5.74) is -0.385. The molecule has 2 aromatic rings. The maximum absolute atomic E-state index is 12.7. The van der Waals surface area contributed by atoms with Gasteiger partial charge in [-0.2, -0.15) is 9.57 Å². The largest absolute Gasteiger partial charge is 0.296 e. The first-order valence-electron chi connectivity index (χ1n) is 7.54. The normalized spacial score (nSPS) is 15.6. The number of hydrogen-bond donors (Lipinski definition) is 0. The molecule has 0 aliphatic carbocycles. The number of sulfonamides is 1. The third-order valence-corrected chi connectivity index (χ3v) is 5.83. The molecule has 1 aromatic carbocycles. The summed E-state index contributed by atoms with van der Waals surface area (Å²) >= 11 is 0. The van der Waals surface area contributed by atoms with E-state index in [1.807, 2.05) is 0 Å². The molecule has 25 heavy (non-hydrogen) atoms. The van der Waals surface area contributed by atoms with Crippen LogP contribution in [0.3, 0.4) is 0 Å². The van der Waals surface area contributed by atoms with Crippen molar-refractivity contribution in [2.75, 3.05) is 13.1 Å². The summed E-state index contributed by atoms with van der Waals surface area (Å²) in [6.45, 7) is 0.818. The number of nitriles is 1. The Morgan fingerprint density at radius 3 is 2.56 bits per heavy atom. The smallest absolute Gasteiger partial charge is 0.258 e. The lowest BCUT2D eigenvalue weighted by atomic mass is 10.2. The second kappa shape index (κ2) is 6.58. The van der Waals surface area contributed by atoms with Gasteiger partial charge in [-0.15, -0.1) is 5.10 Å². The summed E-state index contributed by atoms with van der Waals surface area (Å²) in [6, 6.07) is 5.35. The highest BCUT2D eigenvalue weighted by Crippen LogP contribution is 2.28. The predicted octanol–water partition coefficient (Wildman–Crippen LogP) is 1.22. The molecule has 3 rings (SSSR count). The van der Waals surface area contributed by atoms with Gasteiger partial charge in [0.05, 0.1) is 9.82 Å². The average Bonchev–Trinajstić information content (AvgIpc) is 3.11. The maximum atomic E-state index is 12.7. The summed E-state index contributed by atoms with van der Waals surface area (Å²) in [5, 5.41) is 24.0. The molecule has 0 atom stereocenters. The van der Waals surface area contributed by atoms with E-state index in [4.69, 9.17) is 5.26 Å². The lowest BCUT2D eigenvalue weighted by Gasteiger charge is -2.25. The molecule has 0 unspecified atom stereocenters. The standard InChI is InChI=1S/C14H14N6O4S/c15-9-14-16-10-19(17-14)12-5-4-11(8-13(12)20(21)22)25(23,24)18-6-2-1-3-7-18/h4-5,8,10H,1-3,6-7H2. The van der Waals surface area contributed by atoms with E-state index in [1.165, 1.54) is 22.8 Å². The molecule has 1 fully saturated rings. The van der Waals surface area contributed by atoms with Crippen molar-refractivity contribution in [2.45, 2.75) is 24.2 Å². The van der Waals surface area contributed by atoms with Gasteiger partial charge in [-0.25, -0.2) is 18.1 Å². The van der Waals surface area contributed by atoms with Crippen LogP contribution in [-0.4, -0.2) is 45.5 Å². The second-order valence-electron chi connectivity index (χ2n) is 5.50. The molecule has 0 bridgehead atoms. The van der Waals surface area contributed by atoms with Crippen LogP contribution in [-0.2, 0) is 10.0 Å². The van der Waals surface area contributed by atoms with Crippen LogP contribution in [0.15, 0.2) is 29.4 Å². The van der Waals surface area contributed by atoms with Gasteiger partial charge in [0.1, 0.15) is 18.1 Å². The highest BCUT2D eigenvalue weighted by molar-refractivity contribution is 7.89. The highest BCUT2D eigenvalue weighted by Gasteiger charge is 2.29. The molecule has 10 nitrogen and oxygen atoms in total. The Balaban J connectivity index is 2.05. The number of nitrogens with zero attached hydrogens (tertiary/aromatic N) is 6. The topological polar surface area (TPSA) is 135 Å². The number of benzene rings is 1. The number of hydrogen-bond acceptors (Lipinski definition) is 7. The summed E-state index contributed by atoms with van der Waals surface area (Å²) in [7, 11) is -3.79. The molecule has 0 amide bonds. The van der Waals surface area contributed by atoms with Crippen molar-refractivity contribution < 1.29 is 13.3 Å². The Kier molecular flexibility index (Phi) is 4.47. The van der Waals surface area contributed by atoms with E-state index in [-0.39, 0.29) is 16.4 Å². The van der Waals surface area contributed by atoms with Crippen molar-refractivity contribution in [3.8, 4) is 11.8 Å². The van der Waals surface area contributed by atoms with E-state index < -0.39 is 20.6 Å². The SMILES string of the molecule is N#Cc1ncn(-c2ccc(S(=O)(=O)N3CCCCC3)cc2[N+](=O)[O-])n1. The molecular formula is C14H14N6O4S. The highest BCUT2D eigenvalue weighted by atomic mass is 32.2. The number of piperidine rings is 1. The van der Waals surface area contributed by atoms with Crippen molar-refractivity contribution in [1.82, 2.24) is 19.1 Å². The molecule has 1 aromatic heterocycles. The van der Waals surface area contributed by atoms with Gasteiger partial charge in [-0.05, 0) is 25.0 Å². The molecule has 0 saturated carbocycles. The van der Waals surface area contributed by atoms with Crippen LogP contribution in [0.1, 0.15) is 25.1 Å². The van der Waals surface area contributed by atoms with Crippen LogP contribution in [0, 0.1) is 21.4 Å². The fourth-order valence-electron chi connectivity index (χ4n) is 2.69. The van der Waals surface area contributed by atoms with E-state index in [9.17, 15) is 18.5 Å². The third-order valence-electron chi connectivity index (χ3n) is 3.94. The summed E-state index contributed by atoms with van der Waals surface area (Å²) in [5.74, 6) is -0.140. The second-order valence-corrected chi connectivity index (χ2v) is 7.43. The van der Waals surface area contributed by atoms with Gasteiger partial charge < -0.3 is 0 Å². The minimum Gasteiger partial charge on any atom is -0.258 e. The fraction of sp³-hybridized carbons (Fsp3) is 0.357. The molecule has 1 aliphatic heterocycles. The van der Waals surface area contributed by atoms with Crippen LogP contribution in [0.2, 0.25) is 0 Å². The molecule has 0 N–H and O–H groups in total. The molecule has 2 heterocycles. The monoisotopic (exact) mass is 362 g/mol. The zero-order chi connectivity index (χ0) is 18.0. The van der Waals surface area contributed by atoms with Crippen molar-refractivity contribution in [3.05, 3.63) is 40.5 Å². The average molecular weight is 362 g/mol. The zero-order valence-electron chi connectivity index (χ0n) is 13.1. The van der Waals surface area contributed by atoms with E-state index in [0.717, 1.165) is 30.0 Å². The van der Waals surface area contributed by atoms with Crippen molar-refractivity contribution in [3.63, 3.8) is 0 Å². The molecular weight excluding hydrogens is 348 g/mol. The van der Waals surface area contributed by atoms with Gasteiger partial charge >= 0.3 is 0 Å². The molecule has 1 saturated heterocycles. The molecule has 1 aliphatic rings. The van der Waals surface area contributed by atoms with Crippen molar-refractivity contribution >= 4 is 15.7 Å². The number of rotatable bonds is 4. The molecule has 130 valence electrons. The van der Waals surface area contributed by atoms with Crippen LogP contribution in [0.25, 0.3) is 5.69 Å². The number of aromatic nitrogens is 3. The Bertz CT molecular complexity index is 956. The van der Waals surface area contributed by atoms with Crippen LogP contribution >= 0.6 is 0 Å². The van der Waals surface area contributed by atoms with Gasteiger partial charge in [0, 0.05) is 19.2 Å². The fourth-order valence-corrected chi connectivity index (χ4v) is 4.23. The van der Waals surface area contributed by atoms with Gasteiger partial charge in [0.15, 0.2) is 0 Å². The summed E-state index contributed by atoms with van der Waals surface area (Å²) in [6.07, 6.45) is 3.68. The van der Waals surface area contributed by atoms with Gasteiger partial charge in [-0.1, -0.05) is 6.42 Å². The first-order chi connectivity index (χ1) is 11.9. The predicted molar refractivity (Wildman–Crippen MR) is 85.3 cm³/mol. The number of nitro benzene ring substituents is 1. The number of nitro groups is 1. The van der Waals surface area contributed by atoms with Crippen molar-refractivity contribution in [1.29, 1.82) is 5.26 Å². The minimum atomic E-state index is -3.79. The summed E-state index contributed by atoms with van der Waals surface area (Å²) in [4.78, 5) is 14.3. The van der Waals surface area contributed by atoms with Crippen LogP contribution in [0.4, 0.5) is 5.69 Å². The lowest BCUT2D eigenvalue weighted by Crippen LogP contribution is -2.35. The summed E-state index contributed by atoms with van der Waals surface area (Å²) < 4.78 is 27.8. The first kappa shape index (κ1) is 17.0. The Hall–Kier alpha value is -2.84. The van der Waals surface area contributed by atoms with E-state index >= 15 is 0 Å². The van der Waals surface area contributed by atoms with Gasteiger partial charge in [0.25, 0.3) is 11.5 Å². The first-order valence-corrected chi connectivity index (χ1v) is 8.98. The van der Waals surface area contributed by atoms with Crippen molar-refractivity contribution in [2.24, 2.45) is 0 Å². The molecule has 0 spiro atoms. The van der Waals surface area contributed by atoms with E-state index in [0.29, 0.717) is 13.1 Å². The lowest BCUT2D eigenvalue weighted by molar-refractivity contribution is -0.384. The quantitative estimate of drug-likeness (QED) is 0.589. The third kappa shape index (κ3) is 3.21. The Morgan fingerprint density at radius 1 is 1.24 bits per heavy atom. The van der Waals surface area contributed by atoms with Crippen LogP contribution in [0.5, 0.6) is 0 Å². The van der Waals surface area contributed by atoms with E-state index in [2.05, 4.69) is 10.1 Å². The molecule has 11 heteroatoms. The van der Waals surface area contributed by atoms with Crippen LogP contribution < -0.4 is 0 Å². The molecule has 0 radical (unpaired) electrons. The Morgan fingerprint density at radius 2 is 1.96 bits per heavy atom.